The van der Waals surface area contributed by atoms with Crippen molar-refractivity contribution in [2.75, 3.05) is 27.1 Å². The van der Waals surface area contributed by atoms with E-state index in [9.17, 15) is 10.1 Å². The summed E-state index contributed by atoms with van der Waals surface area (Å²) >= 11 is 0. The zero-order chi connectivity index (χ0) is 34.5. The molecule has 0 N–H and O–H groups in total. The van der Waals surface area contributed by atoms with E-state index in [1.165, 1.54) is 32.1 Å². The molecule has 7 heteroatoms. The van der Waals surface area contributed by atoms with Gasteiger partial charge in [-0.3, -0.25) is 4.79 Å². The van der Waals surface area contributed by atoms with Crippen molar-refractivity contribution in [3.63, 3.8) is 0 Å². The van der Waals surface area contributed by atoms with Crippen molar-refractivity contribution in [2.45, 2.75) is 113 Å². The highest BCUT2D eigenvalue weighted by Crippen LogP contribution is 2.47. The Balaban J connectivity index is 1.29. The normalized spacial score (nSPS) is 14.3. The number of nitriles is 1. The van der Waals surface area contributed by atoms with Crippen molar-refractivity contribution in [2.24, 2.45) is 16.2 Å². The number of carbonyl (C=O) groups excluding carboxylic acids is 1. The van der Waals surface area contributed by atoms with Crippen molar-refractivity contribution in [3.8, 4) is 29.1 Å². The summed E-state index contributed by atoms with van der Waals surface area (Å²) < 4.78 is 28.2. The highest BCUT2D eigenvalue weighted by atomic mass is 16.7. The van der Waals surface area contributed by atoms with Gasteiger partial charge in [-0.1, -0.05) is 92.6 Å². The molecule has 0 fully saturated rings. The number of carbonyl (C=O) groups is 1. The van der Waals surface area contributed by atoms with Crippen molar-refractivity contribution in [1.82, 2.24) is 0 Å². The van der Waals surface area contributed by atoms with Crippen LogP contribution >= 0.6 is 0 Å². The van der Waals surface area contributed by atoms with Crippen molar-refractivity contribution < 1.29 is 28.5 Å². The molecule has 3 rings (SSSR count). The van der Waals surface area contributed by atoms with Gasteiger partial charge in [0.2, 0.25) is 6.79 Å². The van der Waals surface area contributed by atoms with E-state index in [1.807, 2.05) is 42.5 Å². The highest BCUT2D eigenvalue weighted by molar-refractivity contribution is 5.90. The van der Waals surface area contributed by atoms with Crippen molar-refractivity contribution in [1.29, 1.82) is 5.26 Å². The first-order valence-corrected chi connectivity index (χ1v) is 17.3. The fourth-order valence-corrected chi connectivity index (χ4v) is 5.96. The van der Waals surface area contributed by atoms with Gasteiger partial charge in [-0.15, -0.1) is 0 Å². The Kier molecular flexibility index (Phi) is 14.1. The summed E-state index contributed by atoms with van der Waals surface area (Å²) in [5.41, 5.74) is 1.55. The Morgan fingerprint density at radius 2 is 1.43 bits per heavy atom. The Bertz CT molecular complexity index is 1380. The average molecular weight is 648 g/mol. The predicted octanol–water partition coefficient (Wildman–Crippen LogP) is 10.4. The minimum absolute atomic E-state index is 0.0570. The lowest BCUT2D eigenvalue weighted by Crippen LogP contribution is -2.44. The smallest absolute Gasteiger partial charge is 0.312 e. The molecule has 0 amide bonds. The van der Waals surface area contributed by atoms with Crippen LogP contribution in [0, 0.1) is 27.6 Å². The number of hydrogen-bond donors (Lipinski definition) is 0. The van der Waals surface area contributed by atoms with Gasteiger partial charge in [-0.05, 0) is 84.6 Å². The molecule has 0 aromatic heterocycles. The highest BCUT2D eigenvalue weighted by Gasteiger charge is 2.47. The number of esters is 1. The van der Waals surface area contributed by atoms with Crippen LogP contribution in [0.25, 0.3) is 11.6 Å². The second-order valence-corrected chi connectivity index (χ2v) is 15.1. The van der Waals surface area contributed by atoms with Gasteiger partial charge in [0.25, 0.3) is 0 Å². The van der Waals surface area contributed by atoms with Gasteiger partial charge in [0, 0.05) is 0 Å². The average Bonchev–Trinajstić information content (AvgIpc) is 3.48. The Morgan fingerprint density at radius 3 is 2.02 bits per heavy atom. The lowest BCUT2D eigenvalue weighted by molar-refractivity contribution is -0.164. The second-order valence-electron chi connectivity index (χ2n) is 15.1. The number of methoxy groups -OCH3 is 1. The van der Waals surface area contributed by atoms with Crippen LogP contribution in [0.2, 0.25) is 0 Å². The number of hydrogen-bond acceptors (Lipinski definition) is 7. The van der Waals surface area contributed by atoms with E-state index in [0.717, 1.165) is 43.2 Å². The van der Waals surface area contributed by atoms with Gasteiger partial charge in [0.1, 0.15) is 0 Å². The third-order valence-corrected chi connectivity index (χ3v) is 9.07. The van der Waals surface area contributed by atoms with Crippen LogP contribution in [0.5, 0.6) is 23.0 Å². The number of unbranched alkanes of at least 4 members (excludes halogenated alkanes) is 8. The maximum atomic E-state index is 13.1. The molecule has 47 heavy (non-hydrogen) atoms. The van der Waals surface area contributed by atoms with Crippen LogP contribution in [0.15, 0.2) is 36.4 Å². The zero-order valence-corrected chi connectivity index (χ0v) is 30.1. The third kappa shape index (κ3) is 11.5. The molecule has 2 aromatic carbocycles. The Morgan fingerprint density at radius 1 is 0.809 bits per heavy atom. The molecule has 7 nitrogen and oxygen atoms in total. The largest absolute Gasteiger partial charge is 0.493 e. The molecule has 0 saturated heterocycles. The number of benzene rings is 2. The zero-order valence-electron chi connectivity index (χ0n) is 30.1. The van der Waals surface area contributed by atoms with Crippen LogP contribution in [0.1, 0.15) is 124 Å². The molecule has 0 aliphatic carbocycles. The van der Waals surface area contributed by atoms with Crippen LogP contribution in [0.4, 0.5) is 0 Å². The second kappa shape index (κ2) is 17.5. The molecule has 1 atom stereocenters. The fraction of sp³-hybridized carbons (Fsp3) is 0.600. The topological polar surface area (TPSA) is 87.0 Å². The summed E-state index contributed by atoms with van der Waals surface area (Å²) in [5.74, 6) is 2.62. The quantitative estimate of drug-likeness (QED) is 0.0688. The standard InChI is InChI=1S/C40H57NO6/c1-38(2,3)28-40(7,39(4,5)6)37(42)45-23-17-15-13-11-9-10-12-14-16-22-44-33-21-19-31(26-35(33)43-8)32(27-41)24-30-18-20-34-36(25-30)47-29-46-34/h18-21,24-26H,9-17,22-23,28-29H2,1-8H3. The molecule has 1 aliphatic rings. The maximum Gasteiger partial charge on any atom is 0.312 e. The SMILES string of the molecule is COc1cc(C(C#N)=Cc2ccc3c(c2)OCO3)ccc1OCCCCCCCCCCCOC(=O)C(C)(CC(C)(C)C)C(C)(C)C. The fourth-order valence-electron chi connectivity index (χ4n) is 5.96. The Hall–Kier alpha value is -3.66. The summed E-state index contributed by atoms with van der Waals surface area (Å²) in [6.45, 7) is 16.4. The number of ether oxygens (including phenoxy) is 5. The molecule has 0 saturated carbocycles. The molecule has 1 heterocycles. The van der Waals surface area contributed by atoms with E-state index in [-0.39, 0.29) is 23.6 Å². The lowest BCUT2D eigenvalue weighted by atomic mass is 9.61. The monoisotopic (exact) mass is 647 g/mol. The van der Waals surface area contributed by atoms with E-state index >= 15 is 0 Å². The Labute approximate surface area is 283 Å². The van der Waals surface area contributed by atoms with E-state index in [4.69, 9.17) is 23.7 Å². The van der Waals surface area contributed by atoms with Crippen LogP contribution in [-0.4, -0.2) is 33.1 Å². The number of fused-ring (bicyclic) bond motifs is 1. The maximum absolute atomic E-state index is 13.1. The van der Waals surface area contributed by atoms with Crippen LogP contribution < -0.4 is 18.9 Å². The van der Waals surface area contributed by atoms with E-state index < -0.39 is 5.41 Å². The molecule has 0 radical (unpaired) electrons. The van der Waals surface area contributed by atoms with Crippen molar-refractivity contribution in [3.05, 3.63) is 47.5 Å². The minimum atomic E-state index is -0.497. The molecule has 1 unspecified atom stereocenters. The van der Waals surface area contributed by atoms with Gasteiger partial charge in [0.05, 0.1) is 37.4 Å². The molecule has 0 spiro atoms. The summed E-state index contributed by atoms with van der Waals surface area (Å²) in [6, 6.07) is 13.5. The molecule has 258 valence electrons. The molecule has 0 bridgehead atoms. The molecule has 2 aromatic rings. The lowest BCUT2D eigenvalue weighted by Gasteiger charge is -2.43. The minimum Gasteiger partial charge on any atom is -0.493 e. The number of allylic oxidation sites excluding steroid dienone is 1. The number of rotatable bonds is 18. The molecule has 1 aliphatic heterocycles. The van der Waals surface area contributed by atoms with E-state index in [2.05, 4.69) is 54.5 Å². The first kappa shape index (κ1) is 37.8. The summed E-state index contributed by atoms with van der Waals surface area (Å²) in [6.07, 6.45) is 12.8. The van der Waals surface area contributed by atoms with Gasteiger partial charge in [-0.2, -0.15) is 5.26 Å². The van der Waals surface area contributed by atoms with Crippen molar-refractivity contribution >= 4 is 17.6 Å². The van der Waals surface area contributed by atoms with Gasteiger partial charge in [-0.25, -0.2) is 0 Å². The van der Waals surface area contributed by atoms with Gasteiger partial charge >= 0.3 is 5.97 Å². The van der Waals surface area contributed by atoms with Gasteiger partial charge < -0.3 is 23.7 Å². The number of nitrogens with zero attached hydrogens (tertiary/aromatic N) is 1. The van der Waals surface area contributed by atoms with E-state index in [0.29, 0.717) is 41.8 Å². The predicted molar refractivity (Wildman–Crippen MR) is 189 cm³/mol. The van der Waals surface area contributed by atoms with Crippen LogP contribution in [0.3, 0.4) is 0 Å². The first-order chi connectivity index (χ1) is 22.3. The molecular formula is C40H57NO6. The summed E-state index contributed by atoms with van der Waals surface area (Å²) in [4.78, 5) is 13.1. The molecular weight excluding hydrogens is 590 g/mol. The van der Waals surface area contributed by atoms with E-state index in [1.54, 1.807) is 7.11 Å². The van der Waals surface area contributed by atoms with Gasteiger partial charge in [0.15, 0.2) is 23.0 Å². The first-order valence-electron chi connectivity index (χ1n) is 17.3. The third-order valence-electron chi connectivity index (χ3n) is 9.07. The van der Waals surface area contributed by atoms with Crippen LogP contribution in [-0.2, 0) is 9.53 Å². The summed E-state index contributed by atoms with van der Waals surface area (Å²) in [5, 5.41) is 9.82. The summed E-state index contributed by atoms with van der Waals surface area (Å²) in [7, 11) is 1.61.